The van der Waals surface area contributed by atoms with Crippen LogP contribution in [0, 0.1) is 6.92 Å². The van der Waals surface area contributed by atoms with Crippen molar-refractivity contribution in [1.82, 2.24) is 4.90 Å². The first kappa shape index (κ1) is 15.7. The molecule has 1 aromatic carbocycles. The van der Waals surface area contributed by atoms with E-state index in [-0.39, 0.29) is 5.91 Å². The molecule has 0 radical (unpaired) electrons. The van der Waals surface area contributed by atoms with E-state index in [0.717, 1.165) is 11.3 Å². The zero-order valence-corrected chi connectivity index (χ0v) is 12.8. The maximum Gasteiger partial charge on any atom is 0.327 e. The number of carboxylic acids is 1. The second kappa shape index (κ2) is 7.36. The van der Waals surface area contributed by atoms with Crippen LogP contribution in [-0.2, 0) is 9.59 Å². The molecule has 0 bridgehead atoms. The van der Waals surface area contributed by atoms with E-state index < -0.39 is 12.0 Å². The quantitative estimate of drug-likeness (QED) is 0.816. The average Bonchev–Trinajstić information content (AvgIpc) is 2.93. The Balaban J connectivity index is 1.73. The number of aliphatic carboxylic acids is 1. The van der Waals surface area contributed by atoms with Gasteiger partial charge in [-0.1, -0.05) is 12.1 Å². The highest BCUT2D eigenvalue weighted by Gasteiger charge is 2.33. The lowest BCUT2D eigenvalue weighted by Gasteiger charge is -2.20. The molecular weight excluding hydrogens is 290 g/mol. The summed E-state index contributed by atoms with van der Waals surface area (Å²) in [6, 6.07) is 7.06. The Morgan fingerprint density at radius 3 is 3.00 bits per heavy atom. The number of carbonyl (C=O) groups excluding carboxylic acids is 1. The lowest BCUT2D eigenvalue weighted by atomic mass is 10.2. The minimum Gasteiger partial charge on any atom is -0.494 e. The highest BCUT2D eigenvalue weighted by atomic mass is 32.2. The van der Waals surface area contributed by atoms with E-state index in [1.165, 1.54) is 16.7 Å². The molecule has 0 saturated carbocycles. The van der Waals surface area contributed by atoms with Crippen molar-refractivity contribution in [3.8, 4) is 5.75 Å². The normalized spacial score (nSPS) is 17.8. The number of ether oxygens (including phenoxy) is 1. The lowest BCUT2D eigenvalue weighted by molar-refractivity contribution is -0.147. The number of hydrogen-bond acceptors (Lipinski definition) is 4. The molecule has 0 spiro atoms. The minimum absolute atomic E-state index is 0.111. The summed E-state index contributed by atoms with van der Waals surface area (Å²) >= 11 is 1.48. The van der Waals surface area contributed by atoms with Crippen molar-refractivity contribution in [2.24, 2.45) is 0 Å². The number of carbonyl (C=O) groups is 2. The topological polar surface area (TPSA) is 66.8 Å². The van der Waals surface area contributed by atoms with Crippen molar-refractivity contribution in [3.63, 3.8) is 0 Å². The number of aryl methyl sites for hydroxylation is 1. The van der Waals surface area contributed by atoms with Crippen molar-refractivity contribution >= 4 is 23.6 Å². The molecule has 1 N–H and O–H groups in total. The Bertz CT molecular complexity index is 520. The van der Waals surface area contributed by atoms with Gasteiger partial charge in [0, 0.05) is 12.2 Å². The molecule has 1 aliphatic rings. The van der Waals surface area contributed by atoms with Gasteiger partial charge in [-0.2, -0.15) is 0 Å². The lowest BCUT2D eigenvalue weighted by Crippen LogP contribution is -2.41. The first-order chi connectivity index (χ1) is 10.1. The van der Waals surface area contributed by atoms with Gasteiger partial charge in [0.1, 0.15) is 11.8 Å². The standard InChI is InChI=1S/C15H19NO4S/c1-11-4-2-5-12(8-11)20-7-3-6-14(17)16-10-21-9-13(16)15(18)19/h2,4-5,8,13H,3,6-7,9-10H2,1H3,(H,18,19)/t13-/m0/s1. The molecule has 1 aromatic rings. The summed E-state index contributed by atoms with van der Waals surface area (Å²) in [5, 5.41) is 9.05. The number of amides is 1. The monoisotopic (exact) mass is 309 g/mol. The molecule has 1 aliphatic heterocycles. The van der Waals surface area contributed by atoms with Gasteiger partial charge in [0.05, 0.1) is 12.5 Å². The van der Waals surface area contributed by atoms with Crippen LogP contribution in [0.15, 0.2) is 24.3 Å². The van der Waals surface area contributed by atoms with Gasteiger partial charge < -0.3 is 14.7 Å². The van der Waals surface area contributed by atoms with Crippen LogP contribution >= 0.6 is 11.8 Å². The van der Waals surface area contributed by atoms with Crippen LogP contribution in [0.3, 0.4) is 0 Å². The fourth-order valence-corrected chi connectivity index (χ4v) is 3.33. The molecule has 0 aliphatic carbocycles. The number of rotatable bonds is 6. The van der Waals surface area contributed by atoms with Crippen LogP contribution in [0.1, 0.15) is 18.4 Å². The van der Waals surface area contributed by atoms with E-state index in [1.807, 2.05) is 31.2 Å². The minimum atomic E-state index is -0.927. The summed E-state index contributed by atoms with van der Waals surface area (Å²) in [6.45, 7) is 2.45. The fourth-order valence-electron chi connectivity index (χ4n) is 2.16. The Morgan fingerprint density at radius 2 is 2.29 bits per heavy atom. The molecule has 0 aromatic heterocycles. The van der Waals surface area contributed by atoms with Crippen LogP contribution in [-0.4, -0.2) is 46.2 Å². The number of benzene rings is 1. The summed E-state index contributed by atoms with van der Waals surface area (Å²) in [5.41, 5.74) is 1.13. The predicted molar refractivity (Wildman–Crippen MR) is 81.5 cm³/mol. The van der Waals surface area contributed by atoms with Crippen LogP contribution in [0.2, 0.25) is 0 Å². The molecule has 1 amide bonds. The maximum absolute atomic E-state index is 12.0. The van der Waals surface area contributed by atoms with Crippen LogP contribution in [0.25, 0.3) is 0 Å². The van der Waals surface area contributed by atoms with Crippen molar-refractivity contribution in [3.05, 3.63) is 29.8 Å². The number of carboxylic acid groups (broad SMARTS) is 1. The van der Waals surface area contributed by atoms with E-state index in [4.69, 9.17) is 9.84 Å². The molecular formula is C15H19NO4S. The van der Waals surface area contributed by atoms with Crippen molar-refractivity contribution in [2.45, 2.75) is 25.8 Å². The summed E-state index contributed by atoms with van der Waals surface area (Å²) in [5.74, 6) is 0.697. The Labute approximate surface area is 128 Å². The van der Waals surface area contributed by atoms with Crippen molar-refractivity contribution in [1.29, 1.82) is 0 Å². The van der Waals surface area contributed by atoms with E-state index in [0.29, 0.717) is 31.1 Å². The van der Waals surface area contributed by atoms with E-state index in [2.05, 4.69) is 0 Å². The highest BCUT2D eigenvalue weighted by molar-refractivity contribution is 7.99. The zero-order valence-electron chi connectivity index (χ0n) is 11.9. The van der Waals surface area contributed by atoms with Crippen LogP contribution in [0.5, 0.6) is 5.75 Å². The molecule has 6 heteroatoms. The molecule has 1 heterocycles. The third-order valence-electron chi connectivity index (χ3n) is 3.28. The van der Waals surface area contributed by atoms with Gasteiger partial charge in [-0.3, -0.25) is 4.79 Å². The zero-order chi connectivity index (χ0) is 15.2. The number of thioether (sulfide) groups is 1. The highest BCUT2D eigenvalue weighted by Crippen LogP contribution is 2.22. The van der Waals surface area contributed by atoms with Gasteiger partial charge in [0.25, 0.3) is 0 Å². The Hall–Kier alpha value is -1.69. The molecule has 1 atom stereocenters. The van der Waals surface area contributed by atoms with Crippen LogP contribution in [0.4, 0.5) is 0 Å². The second-order valence-electron chi connectivity index (χ2n) is 4.99. The van der Waals surface area contributed by atoms with Crippen molar-refractivity contribution in [2.75, 3.05) is 18.2 Å². The summed E-state index contributed by atoms with van der Waals surface area (Å²) < 4.78 is 5.58. The molecule has 114 valence electrons. The van der Waals surface area contributed by atoms with Crippen molar-refractivity contribution < 1.29 is 19.4 Å². The molecule has 1 fully saturated rings. The predicted octanol–water partition coefficient (Wildman–Crippen LogP) is 2.14. The van der Waals surface area contributed by atoms with Gasteiger partial charge >= 0.3 is 5.97 Å². The summed E-state index contributed by atoms with van der Waals surface area (Å²) in [7, 11) is 0. The Kier molecular flexibility index (Phi) is 5.50. The average molecular weight is 309 g/mol. The maximum atomic E-state index is 12.0. The molecule has 5 nitrogen and oxygen atoms in total. The first-order valence-electron chi connectivity index (χ1n) is 6.87. The van der Waals surface area contributed by atoms with Crippen LogP contribution < -0.4 is 4.74 Å². The fraction of sp³-hybridized carbons (Fsp3) is 0.467. The largest absolute Gasteiger partial charge is 0.494 e. The molecule has 21 heavy (non-hydrogen) atoms. The van der Waals surface area contributed by atoms with E-state index >= 15 is 0 Å². The Morgan fingerprint density at radius 1 is 1.48 bits per heavy atom. The van der Waals surface area contributed by atoms with Gasteiger partial charge in [0.2, 0.25) is 5.91 Å². The molecule has 1 saturated heterocycles. The number of nitrogens with zero attached hydrogens (tertiary/aromatic N) is 1. The first-order valence-corrected chi connectivity index (χ1v) is 8.03. The summed E-state index contributed by atoms with van der Waals surface area (Å²) in [4.78, 5) is 24.5. The second-order valence-corrected chi connectivity index (χ2v) is 5.99. The van der Waals surface area contributed by atoms with E-state index in [9.17, 15) is 9.59 Å². The van der Waals surface area contributed by atoms with Gasteiger partial charge in [-0.25, -0.2) is 4.79 Å². The van der Waals surface area contributed by atoms with Gasteiger partial charge in [-0.15, -0.1) is 11.8 Å². The molecule has 2 rings (SSSR count). The summed E-state index contributed by atoms with van der Waals surface area (Å²) in [6.07, 6.45) is 0.899. The third kappa shape index (κ3) is 4.39. The van der Waals surface area contributed by atoms with Gasteiger partial charge in [-0.05, 0) is 31.0 Å². The smallest absolute Gasteiger partial charge is 0.327 e. The number of hydrogen-bond donors (Lipinski definition) is 1. The SMILES string of the molecule is Cc1cccc(OCCCC(=O)N2CSC[C@H]2C(=O)O)c1. The van der Waals surface area contributed by atoms with E-state index in [1.54, 1.807) is 0 Å². The van der Waals surface area contributed by atoms with Gasteiger partial charge in [0.15, 0.2) is 0 Å². The molecule has 0 unspecified atom stereocenters. The third-order valence-corrected chi connectivity index (χ3v) is 4.29.